The second kappa shape index (κ2) is 9.05. The normalized spacial score (nSPS) is 12.0. The Labute approximate surface area is 167 Å². The predicted molar refractivity (Wildman–Crippen MR) is 108 cm³/mol. The number of aromatic nitrogens is 2. The van der Waals surface area contributed by atoms with Crippen LogP contribution in [-0.2, 0) is 11.2 Å². The maximum Gasteiger partial charge on any atom is 0.318 e. The Morgan fingerprint density at radius 3 is 2.37 bits per heavy atom. The van der Waals surface area contributed by atoms with Crippen molar-refractivity contribution in [1.82, 2.24) is 15.3 Å². The fourth-order valence-corrected chi connectivity index (χ4v) is 3.65. The Kier molecular flexibility index (Phi) is 7.04. The third-order valence-electron chi connectivity index (χ3n) is 3.80. The molecule has 0 fully saturated rings. The Morgan fingerprint density at radius 1 is 1.22 bits per heavy atom. The lowest BCUT2D eigenvalue weighted by Gasteiger charge is -2.19. The minimum absolute atomic E-state index is 0.0693. The van der Waals surface area contributed by atoms with E-state index in [-0.39, 0.29) is 5.92 Å². The SMILES string of the molecule is CCc1nc(S[C@H](C(=O)NC(N)=O)C(C)C)nc(N)c1-c1ccc(Cl)cc1. The van der Waals surface area contributed by atoms with Crippen LogP contribution in [0.1, 0.15) is 26.5 Å². The first-order chi connectivity index (χ1) is 12.7. The summed E-state index contributed by atoms with van der Waals surface area (Å²) >= 11 is 7.11. The molecule has 9 heteroatoms. The molecule has 1 atom stereocenters. The summed E-state index contributed by atoms with van der Waals surface area (Å²) in [6.07, 6.45) is 0.637. The number of nitrogen functional groups attached to an aromatic ring is 1. The molecule has 7 nitrogen and oxygen atoms in total. The van der Waals surface area contributed by atoms with Gasteiger partial charge in [-0.1, -0.05) is 56.3 Å². The number of aryl methyl sites for hydroxylation is 1. The first-order valence-electron chi connectivity index (χ1n) is 8.42. The third kappa shape index (κ3) is 5.33. The number of rotatable bonds is 6. The molecule has 1 heterocycles. The summed E-state index contributed by atoms with van der Waals surface area (Å²) in [5.74, 6) is -0.228. The highest BCUT2D eigenvalue weighted by Gasteiger charge is 2.26. The monoisotopic (exact) mass is 407 g/mol. The zero-order valence-electron chi connectivity index (χ0n) is 15.3. The van der Waals surface area contributed by atoms with Gasteiger partial charge in [0, 0.05) is 10.6 Å². The number of thioether (sulfide) groups is 1. The third-order valence-corrected chi connectivity index (χ3v) is 5.46. The molecule has 5 N–H and O–H groups in total. The zero-order chi connectivity index (χ0) is 20.1. The lowest BCUT2D eigenvalue weighted by molar-refractivity contribution is -0.120. The number of nitrogens with one attached hydrogen (secondary N) is 1. The zero-order valence-corrected chi connectivity index (χ0v) is 16.9. The minimum Gasteiger partial charge on any atom is -0.383 e. The molecule has 3 amide bonds. The molecule has 144 valence electrons. The number of urea groups is 1. The highest BCUT2D eigenvalue weighted by atomic mass is 35.5. The molecular formula is C18H22ClN5O2S. The first-order valence-corrected chi connectivity index (χ1v) is 9.68. The van der Waals surface area contributed by atoms with Gasteiger partial charge in [-0.2, -0.15) is 0 Å². The molecule has 0 unspecified atom stereocenters. The number of hydrogen-bond donors (Lipinski definition) is 3. The van der Waals surface area contributed by atoms with Gasteiger partial charge in [0.1, 0.15) is 5.82 Å². The topological polar surface area (TPSA) is 124 Å². The maximum absolute atomic E-state index is 12.2. The Hall–Kier alpha value is -2.32. The van der Waals surface area contributed by atoms with Crippen molar-refractivity contribution in [3.05, 3.63) is 35.0 Å². The average molecular weight is 408 g/mol. The summed E-state index contributed by atoms with van der Waals surface area (Å²) in [6, 6.07) is 6.39. The van der Waals surface area contributed by atoms with E-state index in [4.69, 9.17) is 23.1 Å². The number of benzene rings is 1. The number of imide groups is 1. The summed E-state index contributed by atoms with van der Waals surface area (Å²) in [6.45, 7) is 5.70. The lowest BCUT2D eigenvalue weighted by atomic mass is 10.0. The summed E-state index contributed by atoms with van der Waals surface area (Å²) in [5, 5.41) is 2.53. The van der Waals surface area contributed by atoms with E-state index in [9.17, 15) is 9.59 Å². The fraction of sp³-hybridized carbons (Fsp3) is 0.333. The van der Waals surface area contributed by atoms with Crippen molar-refractivity contribution < 1.29 is 9.59 Å². The van der Waals surface area contributed by atoms with E-state index in [1.165, 1.54) is 0 Å². The van der Waals surface area contributed by atoms with E-state index in [0.29, 0.717) is 22.4 Å². The van der Waals surface area contributed by atoms with Gasteiger partial charge in [0.05, 0.1) is 10.9 Å². The van der Waals surface area contributed by atoms with E-state index in [2.05, 4.69) is 15.3 Å². The van der Waals surface area contributed by atoms with Crippen LogP contribution in [0.5, 0.6) is 0 Å². The highest BCUT2D eigenvalue weighted by molar-refractivity contribution is 8.00. The van der Waals surface area contributed by atoms with Crippen molar-refractivity contribution in [3.63, 3.8) is 0 Å². The van der Waals surface area contributed by atoms with Crippen molar-refractivity contribution in [2.24, 2.45) is 11.7 Å². The van der Waals surface area contributed by atoms with E-state index in [1.807, 2.05) is 32.9 Å². The number of anilines is 1. The number of nitrogens with two attached hydrogens (primary N) is 2. The summed E-state index contributed by atoms with van der Waals surface area (Å²) in [4.78, 5) is 32.2. The van der Waals surface area contributed by atoms with Gasteiger partial charge >= 0.3 is 6.03 Å². The standard InChI is InChI=1S/C18H22ClN5O2S/c1-4-12-13(10-5-7-11(19)8-6-10)15(20)23-18(22-12)27-14(9(2)3)16(25)24-17(21)26/h5-9,14H,4H2,1-3H3,(H2,20,22,23)(H3,21,24,25,26)/t14-/m0/s1. The number of carbonyl (C=O) groups is 2. The fourth-order valence-electron chi connectivity index (χ4n) is 2.54. The molecule has 0 spiro atoms. The molecule has 2 aromatic rings. The molecule has 0 aliphatic carbocycles. The molecule has 1 aromatic carbocycles. The first kappa shape index (κ1) is 21.0. The van der Waals surface area contributed by atoms with Crippen LogP contribution in [0.25, 0.3) is 11.1 Å². The smallest absolute Gasteiger partial charge is 0.318 e. The minimum atomic E-state index is -0.890. The number of amides is 3. The molecule has 27 heavy (non-hydrogen) atoms. The lowest BCUT2D eigenvalue weighted by Crippen LogP contribution is -2.42. The van der Waals surface area contributed by atoms with Gasteiger partial charge in [0.15, 0.2) is 5.16 Å². The van der Waals surface area contributed by atoms with Gasteiger partial charge < -0.3 is 11.5 Å². The molecule has 0 aliphatic heterocycles. The molecule has 2 rings (SSSR count). The van der Waals surface area contributed by atoms with Crippen LogP contribution in [0.4, 0.5) is 10.6 Å². The molecule has 1 aromatic heterocycles. The number of primary amides is 1. The Bertz CT molecular complexity index is 842. The summed E-state index contributed by atoms with van der Waals surface area (Å²) in [7, 11) is 0. The van der Waals surface area contributed by atoms with Crippen LogP contribution in [-0.4, -0.2) is 27.2 Å². The summed E-state index contributed by atoms with van der Waals surface area (Å²) < 4.78 is 0. The number of nitrogens with zero attached hydrogens (tertiary/aromatic N) is 2. The molecular weight excluding hydrogens is 386 g/mol. The van der Waals surface area contributed by atoms with E-state index >= 15 is 0 Å². The van der Waals surface area contributed by atoms with Gasteiger partial charge in [0.25, 0.3) is 0 Å². The molecule has 0 radical (unpaired) electrons. The largest absolute Gasteiger partial charge is 0.383 e. The number of halogens is 1. The Balaban J connectivity index is 2.38. The van der Waals surface area contributed by atoms with Crippen molar-refractivity contribution in [2.45, 2.75) is 37.6 Å². The average Bonchev–Trinajstić information content (AvgIpc) is 2.59. The predicted octanol–water partition coefficient (Wildman–Crippen LogP) is 3.25. The van der Waals surface area contributed by atoms with Crippen molar-refractivity contribution in [2.75, 3.05) is 5.73 Å². The van der Waals surface area contributed by atoms with Crippen LogP contribution in [0.15, 0.2) is 29.4 Å². The van der Waals surface area contributed by atoms with Crippen LogP contribution in [0, 0.1) is 5.92 Å². The van der Waals surface area contributed by atoms with E-state index in [0.717, 1.165) is 28.6 Å². The van der Waals surface area contributed by atoms with Crippen molar-refractivity contribution in [3.8, 4) is 11.1 Å². The second-order valence-corrected chi connectivity index (χ2v) is 7.75. The van der Waals surface area contributed by atoms with Gasteiger partial charge in [-0.15, -0.1) is 0 Å². The van der Waals surface area contributed by atoms with Crippen LogP contribution >= 0.6 is 23.4 Å². The van der Waals surface area contributed by atoms with Gasteiger partial charge in [-0.05, 0) is 30.0 Å². The highest BCUT2D eigenvalue weighted by Crippen LogP contribution is 2.33. The van der Waals surface area contributed by atoms with Gasteiger partial charge in [-0.3, -0.25) is 10.1 Å². The van der Waals surface area contributed by atoms with E-state index in [1.54, 1.807) is 12.1 Å². The molecule has 0 saturated carbocycles. The molecule has 0 aliphatic rings. The molecule has 0 bridgehead atoms. The van der Waals surface area contributed by atoms with Crippen LogP contribution < -0.4 is 16.8 Å². The van der Waals surface area contributed by atoms with Gasteiger partial charge in [-0.25, -0.2) is 14.8 Å². The number of hydrogen-bond acceptors (Lipinski definition) is 6. The van der Waals surface area contributed by atoms with Crippen molar-refractivity contribution >= 4 is 41.1 Å². The number of carbonyl (C=O) groups excluding carboxylic acids is 2. The van der Waals surface area contributed by atoms with Crippen LogP contribution in [0.3, 0.4) is 0 Å². The Morgan fingerprint density at radius 2 is 1.85 bits per heavy atom. The maximum atomic E-state index is 12.2. The van der Waals surface area contributed by atoms with Gasteiger partial charge in [0.2, 0.25) is 5.91 Å². The quantitative estimate of drug-likeness (QED) is 0.498. The second-order valence-electron chi connectivity index (χ2n) is 6.21. The van der Waals surface area contributed by atoms with E-state index < -0.39 is 17.2 Å². The van der Waals surface area contributed by atoms with Crippen LogP contribution in [0.2, 0.25) is 5.02 Å². The molecule has 0 saturated heterocycles. The van der Waals surface area contributed by atoms with Crippen molar-refractivity contribution in [1.29, 1.82) is 0 Å². The summed E-state index contributed by atoms with van der Waals surface area (Å²) in [5.41, 5.74) is 13.6.